The van der Waals surface area contributed by atoms with Gasteiger partial charge in [0.25, 0.3) is 0 Å². The van der Waals surface area contributed by atoms with Crippen LogP contribution >= 0.6 is 0 Å². The summed E-state index contributed by atoms with van der Waals surface area (Å²) in [4.78, 5) is 27.7. The molecule has 1 saturated heterocycles. The molecule has 2 amide bonds. The molecule has 3 rings (SSSR count). The molecule has 5 heteroatoms. The number of hydrogen-bond donors (Lipinski definition) is 3. The Morgan fingerprint density at radius 2 is 1.91 bits per heavy atom. The van der Waals surface area contributed by atoms with E-state index in [2.05, 4.69) is 15.6 Å². The highest BCUT2D eigenvalue weighted by Gasteiger charge is 2.36. The highest BCUT2D eigenvalue weighted by Crippen LogP contribution is 2.20. The molecule has 5 nitrogen and oxygen atoms in total. The molecule has 0 saturated carbocycles. The minimum absolute atomic E-state index is 0.0845. The first kappa shape index (κ1) is 14.6. The summed E-state index contributed by atoms with van der Waals surface area (Å²) < 4.78 is 0. The molecule has 1 aromatic carbocycles. The molecule has 116 valence electrons. The van der Waals surface area contributed by atoms with Gasteiger partial charge in [0.2, 0.25) is 11.8 Å². The van der Waals surface area contributed by atoms with Crippen LogP contribution in [0.5, 0.6) is 0 Å². The quantitative estimate of drug-likeness (QED) is 0.804. The standard InChI is InChI=1S/C17H21N3O2/c1-3-10(2)15-17(22)19-14(16(21)20-15)8-11-9-18-13-7-5-4-6-12(11)13/h4-7,9-10,14-15,18H,3,8H2,1-2H3,(H,19,22)(H,20,21)/t10?,14-,15-/m0/s1. The van der Waals surface area contributed by atoms with Gasteiger partial charge in [-0.15, -0.1) is 0 Å². The van der Waals surface area contributed by atoms with E-state index in [9.17, 15) is 9.59 Å². The molecule has 0 spiro atoms. The maximum absolute atomic E-state index is 12.3. The highest BCUT2D eigenvalue weighted by atomic mass is 16.2. The largest absolute Gasteiger partial charge is 0.361 e. The fourth-order valence-corrected chi connectivity index (χ4v) is 2.95. The molecule has 0 bridgehead atoms. The van der Waals surface area contributed by atoms with Crippen LogP contribution in [0.15, 0.2) is 30.5 Å². The van der Waals surface area contributed by atoms with Crippen molar-refractivity contribution in [3.63, 3.8) is 0 Å². The van der Waals surface area contributed by atoms with Gasteiger partial charge in [-0.3, -0.25) is 9.59 Å². The maximum Gasteiger partial charge on any atom is 0.243 e. The molecular formula is C17H21N3O2. The third-order valence-electron chi connectivity index (χ3n) is 4.53. The normalized spacial score (nSPS) is 23.2. The molecule has 3 N–H and O–H groups in total. The maximum atomic E-state index is 12.3. The topological polar surface area (TPSA) is 74.0 Å². The fraction of sp³-hybridized carbons (Fsp3) is 0.412. The summed E-state index contributed by atoms with van der Waals surface area (Å²) in [6.07, 6.45) is 3.26. The van der Waals surface area contributed by atoms with Gasteiger partial charge in [0, 0.05) is 23.5 Å². The monoisotopic (exact) mass is 299 g/mol. The van der Waals surface area contributed by atoms with Crippen LogP contribution < -0.4 is 10.6 Å². The van der Waals surface area contributed by atoms with E-state index < -0.39 is 12.1 Å². The summed E-state index contributed by atoms with van der Waals surface area (Å²) in [5.74, 6) is -0.0491. The Kier molecular flexibility index (Phi) is 3.88. The van der Waals surface area contributed by atoms with E-state index in [1.54, 1.807) is 0 Å². The smallest absolute Gasteiger partial charge is 0.243 e. The first-order valence-electron chi connectivity index (χ1n) is 7.76. The zero-order valence-corrected chi connectivity index (χ0v) is 12.8. The number of amides is 2. The number of para-hydroxylation sites is 1. The number of piperazine rings is 1. The SMILES string of the molecule is CCC(C)[C@@H]1NC(=O)[C@H](Cc2c[nH]c3ccccc23)NC1=O. The zero-order chi connectivity index (χ0) is 15.7. The average Bonchev–Trinajstić information content (AvgIpc) is 2.93. The summed E-state index contributed by atoms with van der Waals surface area (Å²) in [6, 6.07) is 7.03. The van der Waals surface area contributed by atoms with Crippen molar-refractivity contribution in [1.29, 1.82) is 0 Å². The highest BCUT2D eigenvalue weighted by molar-refractivity contribution is 5.97. The number of fused-ring (bicyclic) bond motifs is 1. The number of aromatic nitrogens is 1. The predicted octanol–water partition coefficient (Wildman–Crippen LogP) is 1.74. The van der Waals surface area contributed by atoms with Crippen LogP contribution in [0.2, 0.25) is 0 Å². The Labute approximate surface area is 129 Å². The average molecular weight is 299 g/mol. The first-order chi connectivity index (χ1) is 10.6. The second-order valence-corrected chi connectivity index (χ2v) is 6.00. The minimum atomic E-state index is -0.507. The van der Waals surface area contributed by atoms with Crippen LogP contribution in [0.1, 0.15) is 25.8 Å². The number of rotatable bonds is 4. The number of carbonyl (C=O) groups excluding carboxylic acids is 2. The van der Waals surface area contributed by atoms with Crippen molar-refractivity contribution < 1.29 is 9.59 Å². The third kappa shape index (κ3) is 2.58. The number of nitrogens with one attached hydrogen (secondary N) is 3. The van der Waals surface area contributed by atoms with Crippen molar-refractivity contribution in [1.82, 2.24) is 15.6 Å². The molecular weight excluding hydrogens is 278 g/mol. The molecule has 2 heterocycles. The van der Waals surface area contributed by atoms with Gasteiger partial charge in [-0.05, 0) is 17.5 Å². The summed E-state index contributed by atoms with van der Waals surface area (Å²) in [5.41, 5.74) is 2.08. The van der Waals surface area contributed by atoms with Gasteiger partial charge >= 0.3 is 0 Å². The van der Waals surface area contributed by atoms with Gasteiger partial charge < -0.3 is 15.6 Å². The fourth-order valence-electron chi connectivity index (χ4n) is 2.95. The first-order valence-corrected chi connectivity index (χ1v) is 7.76. The molecule has 0 aliphatic carbocycles. The zero-order valence-electron chi connectivity index (χ0n) is 12.8. The van der Waals surface area contributed by atoms with E-state index in [1.807, 2.05) is 44.3 Å². The Morgan fingerprint density at radius 3 is 2.68 bits per heavy atom. The number of H-pyrrole nitrogens is 1. The lowest BCUT2D eigenvalue weighted by atomic mass is 9.94. The Morgan fingerprint density at radius 1 is 1.14 bits per heavy atom. The van der Waals surface area contributed by atoms with Crippen LogP contribution in [-0.4, -0.2) is 28.9 Å². The van der Waals surface area contributed by atoms with E-state index in [0.717, 1.165) is 22.9 Å². The third-order valence-corrected chi connectivity index (χ3v) is 4.53. The van der Waals surface area contributed by atoms with Gasteiger partial charge in [0.1, 0.15) is 12.1 Å². The molecule has 3 atom stereocenters. The molecule has 22 heavy (non-hydrogen) atoms. The molecule has 1 aromatic heterocycles. The Bertz CT molecular complexity index is 707. The summed E-state index contributed by atoms with van der Waals surface area (Å²) in [6.45, 7) is 3.99. The predicted molar refractivity (Wildman–Crippen MR) is 85.3 cm³/mol. The van der Waals surface area contributed by atoms with Crippen LogP contribution in [0.4, 0.5) is 0 Å². The van der Waals surface area contributed by atoms with E-state index in [4.69, 9.17) is 0 Å². The molecule has 1 aliphatic heterocycles. The van der Waals surface area contributed by atoms with Gasteiger partial charge in [-0.25, -0.2) is 0 Å². The Balaban J connectivity index is 1.76. The second-order valence-electron chi connectivity index (χ2n) is 6.00. The van der Waals surface area contributed by atoms with Crippen LogP contribution in [0.25, 0.3) is 10.9 Å². The van der Waals surface area contributed by atoms with Crippen molar-refractivity contribution in [2.24, 2.45) is 5.92 Å². The van der Waals surface area contributed by atoms with Crippen LogP contribution in [0.3, 0.4) is 0 Å². The van der Waals surface area contributed by atoms with Gasteiger partial charge in [-0.2, -0.15) is 0 Å². The van der Waals surface area contributed by atoms with E-state index in [1.165, 1.54) is 0 Å². The van der Waals surface area contributed by atoms with Gasteiger partial charge in [-0.1, -0.05) is 38.5 Å². The van der Waals surface area contributed by atoms with Crippen molar-refractivity contribution in [2.45, 2.75) is 38.8 Å². The summed E-state index contributed by atoms with van der Waals surface area (Å²) in [5, 5.41) is 6.83. The Hall–Kier alpha value is -2.30. The van der Waals surface area contributed by atoms with Crippen molar-refractivity contribution in [2.75, 3.05) is 0 Å². The lowest BCUT2D eigenvalue weighted by Gasteiger charge is -2.32. The number of hydrogen-bond acceptors (Lipinski definition) is 2. The summed E-state index contributed by atoms with van der Waals surface area (Å²) in [7, 11) is 0. The van der Waals surface area contributed by atoms with Crippen molar-refractivity contribution in [3.8, 4) is 0 Å². The minimum Gasteiger partial charge on any atom is -0.361 e. The van der Waals surface area contributed by atoms with Crippen molar-refractivity contribution >= 4 is 22.7 Å². The van der Waals surface area contributed by atoms with Gasteiger partial charge in [0.05, 0.1) is 0 Å². The van der Waals surface area contributed by atoms with Crippen LogP contribution in [0, 0.1) is 5.92 Å². The second kappa shape index (κ2) is 5.83. The molecule has 1 unspecified atom stereocenters. The molecule has 2 aromatic rings. The van der Waals surface area contributed by atoms with E-state index >= 15 is 0 Å². The lowest BCUT2D eigenvalue weighted by Crippen LogP contribution is -2.63. The van der Waals surface area contributed by atoms with Crippen LogP contribution in [-0.2, 0) is 16.0 Å². The van der Waals surface area contributed by atoms with Crippen molar-refractivity contribution in [3.05, 3.63) is 36.0 Å². The molecule has 0 radical (unpaired) electrons. The summed E-state index contributed by atoms with van der Waals surface area (Å²) >= 11 is 0. The lowest BCUT2D eigenvalue weighted by molar-refractivity contribution is -0.138. The molecule has 1 aliphatic rings. The van der Waals surface area contributed by atoms with Gasteiger partial charge in [0.15, 0.2) is 0 Å². The molecule has 1 fully saturated rings. The number of benzene rings is 1. The number of carbonyl (C=O) groups is 2. The van der Waals surface area contributed by atoms with E-state index in [0.29, 0.717) is 6.42 Å². The van der Waals surface area contributed by atoms with E-state index in [-0.39, 0.29) is 17.7 Å². The number of aromatic amines is 1.